The van der Waals surface area contributed by atoms with Crippen LogP contribution in [-0.2, 0) is 5.54 Å². The van der Waals surface area contributed by atoms with E-state index in [4.69, 9.17) is 17.0 Å². The summed E-state index contributed by atoms with van der Waals surface area (Å²) in [6.45, 7) is 5.76. The predicted octanol–water partition coefficient (Wildman–Crippen LogP) is 7.55. The highest BCUT2D eigenvalue weighted by molar-refractivity contribution is 6.29. The van der Waals surface area contributed by atoms with Crippen molar-refractivity contribution in [3.05, 3.63) is 131 Å². The second-order valence-electron chi connectivity index (χ2n) is 7.15. The van der Waals surface area contributed by atoms with Crippen LogP contribution in [0.15, 0.2) is 103 Å². The van der Waals surface area contributed by atoms with Gasteiger partial charge in [0, 0.05) is 23.2 Å². The van der Waals surface area contributed by atoms with E-state index >= 15 is 0 Å². The maximum absolute atomic E-state index is 8.25. The maximum Gasteiger partial charge on any atom is 0.131 e. The second-order valence-corrected chi connectivity index (χ2v) is 7.54. The summed E-state index contributed by atoms with van der Waals surface area (Å²) in [6.07, 6.45) is 1.65. The van der Waals surface area contributed by atoms with Gasteiger partial charge in [-0.25, -0.2) is 4.98 Å². The lowest BCUT2D eigenvalue weighted by molar-refractivity contribution is 0.711. The number of aromatic nitrogens is 1. The van der Waals surface area contributed by atoms with E-state index in [2.05, 4.69) is 46.7 Å². The van der Waals surface area contributed by atoms with Crippen molar-refractivity contribution in [2.45, 2.75) is 26.3 Å². The second kappa shape index (κ2) is 10.7. The largest absolute Gasteiger partial charge is 0.367 e. The Bertz CT molecular complexity index is 1050. The molecule has 0 aliphatic rings. The first-order chi connectivity index (χ1) is 15.6. The molecule has 1 aromatic heterocycles. The van der Waals surface area contributed by atoms with Gasteiger partial charge in [0.1, 0.15) is 10.7 Å². The van der Waals surface area contributed by atoms with Gasteiger partial charge in [-0.3, -0.25) is 0 Å². The summed E-state index contributed by atoms with van der Waals surface area (Å²) in [7, 11) is 0. The van der Waals surface area contributed by atoms with Crippen molar-refractivity contribution in [3.8, 4) is 0 Å². The molecular formula is C28H28ClN3. The molecular weight excluding hydrogens is 414 g/mol. The van der Waals surface area contributed by atoms with Crippen LogP contribution in [0.2, 0.25) is 5.15 Å². The van der Waals surface area contributed by atoms with E-state index in [9.17, 15) is 0 Å². The normalized spacial score (nSPS) is 10.6. The third kappa shape index (κ3) is 4.74. The van der Waals surface area contributed by atoms with Crippen molar-refractivity contribution in [2.24, 2.45) is 0 Å². The van der Waals surface area contributed by atoms with Crippen molar-refractivity contribution in [1.82, 2.24) is 4.98 Å². The number of pyridine rings is 1. The van der Waals surface area contributed by atoms with Gasteiger partial charge in [-0.15, -0.1) is 0 Å². The first kappa shape index (κ1) is 23.2. The molecule has 4 heteroatoms. The van der Waals surface area contributed by atoms with Crippen molar-refractivity contribution < 1.29 is 0 Å². The Morgan fingerprint density at radius 2 is 1.19 bits per heavy atom. The minimum atomic E-state index is -0.682. The molecule has 2 N–H and O–H groups in total. The third-order valence-corrected chi connectivity index (χ3v) is 5.42. The Balaban J connectivity index is 0.00000141. The van der Waals surface area contributed by atoms with E-state index < -0.39 is 5.54 Å². The molecule has 0 saturated heterocycles. The molecule has 0 amide bonds. The van der Waals surface area contributed by atoms with Crippen LogP contribution in [0.25, 0.3) is 0 Å². The monoisotopic (exact) mass is 441 g/mol. The molecule has 0 aliphatic heterocycles. The summed E-state index contributed by atoms with van der Waals surface area (Å²) in [5.74, 6) is 0. The molecule has 0 unspecified atom stereocenters. The highest BCUT2D eigenvalue weighted by Gasteiger charge is 2.37. The van der Waals surface area contributed by atoms with E-state index in [1.165, 1.54) is 0 Å². The van der Waals surface area contributed by atoms with Gasteiger partial charge in [-0.05, 0) is 29.7 Å². The molecule has 32 heavy (non-hydrogen) atoms. The topological polar surface area (TPSA) is 48.8 Å². The predicted molar refractivity (Wildman–Crippen MR) is 136 cm³/mol. The number of nitrogens with zero attached hydrogens (tertiary/aromatic N) is 1. The van der Waals surface area contributed by atoms with Crippen molar-refractivity contribution in [2.75, 3.05) is 5.32 Å². The molecule has 3 aromatic carbocycles. The maximum atomic E-state index is 8.25. The summed E-state index contributed by atoms with van der Waals surface area (Å²) < 4.78 is 0. The molecule has 0 aliphatic carbocycles. The molecule has 0 radical (unpaired) electrons. The fraction of sp³-hybridized carbons (Fsp3) is 0.143. The van der Waals surface area contributed by atoms with E-state index in [1.807, 2.05) is 68.4 Å². The van der Waals surface area contributed by atoms with Crippen molar-refractivity contribution in [3.63, 3.8) is 0 Å². The van der Waals surface area contributed by atoms with Gasteiger partial charge in [0.15, 0.2) is 0 Å². The lowest BCUT2D eigenvalue weighted by Gasteiger charge is -2.38. The van der Waals surface area contributed by atoms with E-state index in [1.54, 1.807) is 19.2 Å². The molecule has 0 atom stereocenters. The van der Waals surface area contributed by atoms with Crippen LogP contribution < -0.4 is 5.32 Å². The van der Waals surface area contributed by atoms with Crippen LogP contribution in [0, 0.1) is 5.41 Å². The summed E-state index contributed by atoms with van der Waals surface area (Å²) >= 11 is 6.27. The quantitative estimate of drug-likeness (QED) is 0.184. The van der Waals surface area contributed by atoms with Crippen molar-refractivity contribution >= 4 is 23.0 Å². The van der Waals surface area contributed by atoms with Crippen molar-refractivity contribution in [1.29, 1.82) is 5.41 Å². The van der Waals surface area contributed by atoms with Gasteiger partial charge in [0.25, 0.3) is 0 Å². The molecule has 1 heterocycles. The van der Waals surface area contributed by atoms with Crippen LogP contribution >= 0.6 is 11.6 Å². The number of rotatable bonds is 6. The molecule has 162 valence electrons. The van der Waals surface area contributed by atoms with E-state index in [0.29, 0.717) is 16.4 Å². The Morgan fingerprint density at radius 3 is 1.56 bits per heavy atom. The first-order valence-corrected chi connectivity index (χ1v) is 11.1. The summed E-state index contributed by atoms with van der Waals surface area (Å²) in [5, 5.41) is 12.4. The molecule has 0 saturated carbocycles. The Hall–Kier alpha value is -3.43. The van der Waals surface area contributed by atoms with Crippen LogP contribution in [-0.4, -0.2) is 10.7 Å². The van der Waals surface area contributed by atoms with E-state index in [-0.39, 0.29) is 0 Å². The summed E-state index contributed by atoms with van der Waals surface area (Å²) in [6, 6.07) is 32.8. The average Bonchev–Trinajstić information content (AvgIpc) is 2.85. The highest BCUT2D eigenvalue weighted by Crippen LogP contribution is 2.40. The summed E-state index contributed by atoms with van der Waals surface area (Å²) in [4.78, 5) is 4.19. The van der Waals surface area contributed by atoms with Gasteiger partial charge in [-0.2, -0.15) is 0 Å². The van der Waals surface area contributed by atoms with Crippen LogP contribution in [0.3, 0.4) is 0 Å². The zero-order chi connectivity index (χ0) is 23.0. The fourth-order valence-corrected chi connectivity index (χ4v) is 3.97. The summed E-state index contributed by atoms with van der Waals surface area (Å²) in [5.41, 5.74) is 4.48. The smallest absolute Gasteiger partial charge is 0.131 e. The number of halogens is 1. The van der Waals surface area contributed by atoms with E-state index in [0.717, 1.165) is 22.4 Å². The van der Waals surface area contributed by atoms with Gasteiger partial charge in [-0.1, -0.05) is 116 Å². The molecule has 0 spiro atoms. The average molecular weight is 442 g/mol. The van der Waals surface area contributed by atoms with Crippen LogP contribution in [0.4, 0.5) is 5.69 Å². The number of nitrogens with one attached hydrogen (secondary N) is 2. The Kier molecular flexibility index (Phi) is 7.80. The van der Waals surface area contributed by atoms with Crippen LogP contribution in [0.5, 0.6) is 0 Å². The Labute approximate surface area is 195 Å². The number of hydrogen-bond donors (Lipinski definition) is 2. The fourth-order valence-electron chi connectivity index (χ4n) is 3.82. The molecule has 4 rings (SSSR count). The SMILES string of the molecule is CC.CC(=N)c1cnc(Cl)cc1NC(c1ccccc1)(c1ccccc1)c1ccccc1. The van der Waals surface area contributed by atoms with Gasteiger partial charge in [0.05, 0.1) is 0 Å². The zero-order valence-electron chi connectivity index (χ0n) is 18.6. The lowest BCUT2D eigenvalue weighted by Crippen LogP contribution is -2.38. The zero-order valence-corrected chi connectivity index (χ0v) is 19.4. The molecule has 0 fully saturated rings. The van der Waals surface area contributed by atoms with Crippen LogP contribution in [0.1, 0.15) is 43.0 Å². The number of benzene rings is 3. The van der Waals surface area contributed by atoms with Gasteiger partial charge >= 0.3 is 0 Å². The molecule has 4 aromatic rings. The Morgan fingerprint density at radius 1 is 0.781 bits per heavy atom. The lowest BCUT2D eigenvalue weighted by atomic mass is 9.76. The minimum Gasteiger partial charge on any atom is -0.367 e. The highest BCUT2D eigenvalue weighted by atomic mass is 35.5. The molecule has 3 nitrogen and oxygen atoms in total. The standard InChI is InChI=1S/C26H22ClN3.C2H6/c1-19(28)23-18-29-25(27)17-24(23)30-26(20-11-5-2-6-12-20,21-13-7-3-8-14-21)22-15-9-4-10-16-22;1-2/h2-18,28H,1H3,(H,29,30);1-2H3. The minimum absolute atomic E-state index is 0.380. The first-order valence-electron chi connectivity index (χ1n) is 10.8. The number of anilines is 1. The third-order valence-electron chi connectivity index (χ3n) is 5.22. The van der Waals surface area contributed by atoms with Gasteiger partial charge < -0.3 is 10.7 Å². The molecule has 0 bridgehead atoms. The van der Waals surface area contributed by atoms with Gasteiger partial charge in [0.2, 0.25) is 0 Å². The number of hydrogen-bond acceptors (Lipinski definition) is 3.